The largest absolute Gasteiger partial charge is 0.450 e. The monoisotopic (exact) mass is 213 g/mol. The van der Waals surface area contributed by atoms with Crippen molar-refractivity contribution in [3.63, 3.8) is 0 Å². The third kappa shape index (κ3) is 5.65. The van der Waals surface area contributed by atoms with Crippen molar-refractivity contribution in [1.82, 2.24) is 5.32 Å². The van der Waals surface area contributed by atoms with E-state index >= 15 is 0 Å². The summed E-state index contributed by atoms with van der Waals surface area (Å²) < 4.78 is 5.11. The van der Waals surface area contributed by atoms with Crippen molar-refractivity contribution in [2.45, 2.75) is 58.4 Å². The molecule has 0 unspecified atom stereocenters. The minimum atomic E-state index is -0.234. The van der Waals surface area contributed by atoms with Crippen molar-refractivity contribution < 1.29 is 9.53 Å². The number of rotatable bonds is 4. The number of alkyl carbamates (subject to hydrolysis) is 1. The van der Waals surface area contributed by atoms with Crippen molar-refractivity contribution in [3.8, 4) is 0 Å². The SMILES string of the molecule is CC(C)CCOC(=O)NC1CCCCC1. The highest BCUT2D eigenvalue weighted by Crippen LogP contribution is 2.17. The fraction of sp³-hybridized carbons (Fsp3) is 0.917. The molecule has 0 aromatic rings. The summed E-state index contributed by atoms with van der Waals surface area (Å²) in [5.74, 6) is 0.590. The van der Waals surface area contributed by atoms with E-state index in [1.807, 2.05) is 0 Å². The molecule has 0 aromatic carbocycles. The number of amides is 1. The van der Waals surface area contributed by atoms with Gasteiger partial charge in [-0.2, -0.15) is 0 Å². The van der Waals surface area contributed by atoms with Crippen LogP contribution in [0.1, 0.15) is 52.4 Å². The lowest BCUT2D eigenvalue weighted by atomic mass is 9.96. The summed E-state index contributed by atoms with van der Waals surface area (Å²) in [4.78, 5) is 11.4. The van der Waals surface area contributed by atoms with Gasteiger partial charge >= 0.3 is 6.09 Å². The van der Waals surface area contributed by atoms with E-state index in [0.29, 0.717) is 18.6 Å². The fourth-order valence-electron chi connectivity index (χ4n) is 1.84. The van der Waals surface area contributed by atoms with Gasteiger partial charge in [0, 0.05) is 6.04 Å². The number of carbonyl (C=O) groups excluding carboxylic acids is 1. The Balaban J connectivity index is 2.06. The molecule has 0 aromatic heterocycles. The van der Waals surface area contributed by atoms with E-state index < -0.39 is 0 Å². The van der Waals surface area contributed by atoms with Crippen molar-refractivity contribution in [2.75, 3.05) is 6.61 Å². The van der Waals surface area contributed by atoms with E-state index in [1.54, 1.807) is 0 Å². The number of carbonyl (C=O) groups is 1. The minimum Gasteiger partial charge on any atom is -0.450 e. The van der Waals surface area contributed by atoms with Gasteiger partial charge in [-0.15, -0.1) is 0 Å². The van der Waals surface area contributed by atoms with Gasteiger partial charge in [0.15, 0.2) is 0 Å². The van der Waals surface area contributed by atoms with Crippen LogP contribution in [0.3, 0.4) is 0 Å². The molecule has 0 spiro atoms. The Bertz CT molecular complexity index is 186. The average Bonchev–Trinajstić information content (AvgIpc) is 2.18. The second-order valence-corrected chi connectivity index (χ2v) is 4.80. The smallest absolute Gasteiger partial charge is 0.407 e. The van der Waals surface area contributed by atoms with Gasteiger partial charge in [0.1, 0.15) is 0 Å². The van der Waals surface area contributed by atoms with Crippen molar-refractivity contribution >= 4 is 6.09 Å². The van der Waals surface area contributed by atoms with Crippen LogP contribution in [0.15, 0.2) is 0 Å². The lowest BCUT2D eigenvalue weighted by molar-refractivity contribution is 0.134. The summed E-state index contributed by atoms with van der Waals surface area (Å²) in [5.41, 5.74) is 0. The second-order valence-electron chi connectivity index (χ2n) is 4.80. The third-order valence-electron chi connectivity index (χ3n) is 2.86. The molecule has 1 fully saturated rings. The van der Waals surface area contributed by atoms with Gasteiger partial charge in [0.2, 0.25) is 0 Å². The molecule has 3 nitrogen and oxygen atoms in total. The fourth-order valence-corrected chi connectivity index (χ4v) is 1.84. The number of hydrogen-bond acceptors (Lipinski definition) is 2. The Morgan fingerprint density at radius 2 is 2.00 bits per heavy atom. The van der Waals surface area contributed by atoms with E-state index in [-0.39, 0.29) is 6.09 Å². The summed E-state index contributed by atoms with van der Waals surface area (Å²) in [7, 11) is 0. The van der Waals surface area contributed by atoms with Gasteiger partial charge in [-0.05, 0) is 25.2 Å². The zero-order chi connectivity index (χ0) is 11.1. The van der Waals surface area contributed by atoms with Crippen LogP contribution < -0.4 is 5.32 Å². The van der Waals surface area contributed by atoms with Crippen LogP contribution in [0.2, 0.25) is 0 Å². The molecule has 1 N–H and O–H groups in total. The van der Waals surface area contributed by atoms with Gasteiger partial charge < -0.3 is 10.1 Å². The first-order valence-electron chi connectivity index (χ1n) is 6.12. The van der Waals surface area contributed by atoms with Crippen LogP contribution in [0.25, 0.3) is 0 Å². The summed E-state index contributed by atoms with van der Waals surface area (Å²) in [5, 5.41) is 2.93. The van der Waals surface area contributed by atoms with Gasteiger partial charge in [-0.25, -0.2) is 4.79 Å². The molecular formula is C12H23NO2. The Morgan fingerprint density at radius 3 is 2.60 bits per heavy atom. The number of hydrogen-bond donors (Lipinski definition) is 1. The molecule has 15 heavy (non-hydrogen) atoms. The van der Waals surface area contributed by atoms with E-state index in [2.05, 4.69) is 19.2 Å². The van der Waals surface area contributed by atoms with Gasteiger partial charge in [0.05, 0.1) is 6.61 Å². The van der Waals surface area contributed by atoms with Crippen LogP contribution >= 0.6 is 0 Å². The Labute approximate surface area is 92.6 Å². The Kier molecular flexibility index (Phi) is 5.51. The number of nitrogens with one attached hydrogen (secondary N) is 1. The molecule has 0 atom stereocenters. The van der Waals surface area contributed by atoms with Crippen molar-refractivity contribution in [2.24, 2.45) is 5.92 Å². The highest BCUT2D eigenvalue weighted by atomic mass is 16.5. The molecule has 1 aliphatic rings. The molecule has 1 amide bonds. The van der Waals surface area contributed by atoms with E-state index in [0.717, 1.165) is 19.3 Å². The van der Waals surface area contributed by atoms with Gasteiger partial charge in [-0.1, -0.05) is 33.1 Å². The highest BCUT2D eigenvalue weighted by Gasteiger charge is 2.15. The minimum absolute atomic E-state index is 0.234. The number of ether oxygens (including phenoxy) is 1. The molecule has 1 saturated carbocycles. The molecule has 0 bridgehead atoms. The molecule has 88 valence electrons. The second kappa shape index (κ2) is 6.70. The Morgan fingerprint density at radius 1 is 1.33 bits per heavy atom. The summed E-state index contributed by atoms with van der Waals surface area (Å²) in [6, 6.07) is 0.352. The highest BCUT2D eigenvalue weighted by molar-refractivity contribution is 5.67. The first kappa shape index (κ1) is 12.3. The van der Waals surface area contributed by atoms with Crippen LogP contribution in [0, 0.1) is 5.92 Å². The first-order valence-corrected chi connectivity index (χ1v) is 6.12. The Hall–Kier alpha value is -0.730. The molecule has 1 rings (SSSR count). The summed E-state index contributed by atoms with van der Waals surface area (Å²) in [6.45, 7) is 4.79. The van der Waals surface area contributed by atoms with Crippen LogP contribution in [-0.4, -0.2) is 18.7 Å². The van der Waals surface area contributed by atoms with E-state index in [9.17, 15) is 4.79 Å². The standard InChI is InChI=1S/C12H23NO2/c1-10(2)8-9-15-12(14)13-11-6-4-3-5-7-11/h10-11H,3-9H2,1-2H3,(H,13,14). The lowest BCUT2D eigenvalue weighted by Crippen LogP contribution is -2.36. The summed E-state index contributed by atoms with van der Waals surface area (Å²) in [6.07, 6.45) is 6.70. The molecular weight excluding hydrogens is 190 g/mol. The van der Waals surface area contributed by atoms with E-state index in [4.69, 9.17) is 4.74 Å². The van der Waals surface area contributed by atoms with Gasteiger partial charge in [0.25, 0.3) is 0 Å². The maximum absolute atomic E-state index is 11.4. The van der Waals surface area contributed by atoms with Crippen LogP contribution in [0.4, 0.5) is 4.79 Å². The van der Waals surface area contributed by atoms with E-state index in [1.165, 1.54) is 19.3 Å². The zero-order valence-electron chi connectivity index (χ0n) is 9.92. The predicted molar refractivity (Wildman–Crippen MR) is 60.8 cm³/mol. The average molecular weight is 213 g/mol. The van der Waals surface area contributed by atoms with Crippen LogP contribution in [-0.2, 0) is 4.74 Å². The topological polar surface area (TPSA) is 38.3 Å². The molecule has 0 radical (unpaired) electrons. The molecule has 0 saturated heterocycles. The maximum atomic E-state index is 11.4. The van der Waals surface area contributed by atoms with Gasteiger partial charge in [-0.3, -0.25) is 0 Å². The summed E-state index contributed by atoms with van der Waals surface area (Å²) >= 11 is 0. The predicted octanol–water partition coefficient (Wildman–Crippen LogP) is 3.09. The normalized spacial score (nSPS) is 17.8. The van der Waals surface area contributed by atoms with Crippen LogP contribution in [0.5, 0.6) is 0 Å². The third-order valence-corrected chi connectivity index (χ3v) is 2.86. The first-order chi connectivity index (χ1) is 7.18. The molecule has 3 heteroatoms. The molecule has 0 heterocycles. The maximum Gasteiger partial charge on any atom is 0.407 e. The lowest BCUT2D eigenvalue weighted by Gasteiger charge is -2.22. The van der Waals surface area contributed by atoms with Crippen molar-refractivity contribution in [3.05, 3.63) is 0 Å². The molecule has 1 aliphatic carbocycles. The van der Waals surface area contributed by atoms with Crippen molar-refractivity contribution in [1.29, 1.82) is 0 Å². The molecule has 0 aliphatic heterocycles. The quantitative estimate of drug-likeness (QED) is 0.779. The zero-order valence-corrected chi connectivity index (χ0v) is 9.92.